The Kier molecular flexibility index (Phi) is 12.9. The van der Waals surface area contributed by atoms with E-state index in [4.69, 9.17) is 40.9 Å². The van der Waals surface area contributed by atoms with E-state index in [1.54, 1.807) is 0 Å². The number of carboxylic acid groups (broad SMARTS) is 6. The summed E-state index contributed by atoms with van der Waals surface area (Å²) in [5, 5.41) is 67.6. The van der Waals surface area contributed by atoms with Gasteiger partial charge in [0.1, 0.15) is 0 Å². The third kappa shape index (κ3) is 12.4. The van der Waals surface area contributed by atoms with Gasteiger partial charge in [-0.1, -0.05) is 0 Å². The zero-order chi connectivity index (χ0) is 21.3. The molecule has 15 heteroatoms. The van der Waals surface area contributed by atoms with E-state index in [0.29, 0.717) is 0 Å². The standard InChI is InChI=1S/2C6H8O7.W/c2*7-3(8)1-6(13,5(11)12)2-4(9)10;/h2*13H,1-2H2,(H,7,8)(H,9,10)(H,11,12);. The molecule has 14 nitrogen and oxygen atoms in total. The molecular formula is C12H16O14W. The van der Waals surface area contributed by atoms with Crippen LogP contribution in [0.1, 0.15) is 25.7 Å². The molecule has 0 bridgehead atoms. The average molecular weight is 568 g/mol. The number of aliphatic hydroxyl groups is 2. The smallest absolute Gasteiger partial charge is 0.336 e. The Balaban J connectivity index is -0.000000411. The fraction of sp³-hybridized carbons (Fsp3) is 0.500. The van der Waals surface area contributed by atoms with Crippen molar-refractivity contribution < 1.29 is 90.7 Å². The van der Waals surface area contributed by atoms with E-state index < -0.39 is 72.7 Å². The molecule has 0 heterocycles. The molecule has 0 amide bonds. The van der Waals surface area contributed by atoms with Gasteiger partial charge in [0, 0.05) is 21.1 Å². The van der Waals surface area contributed by atoms with Gasteiger partial charge < -0.3 is 40.9 Å². The van der Waals surface area contributed by atoms with Gasteiger partial charge in [-0.25, -0.2) is 9.59 Å². The first-order valence-corrected chi connectivity index (χ1v) is 6.34. The van der Waals surface area contributed by atoms with E-state index in [1.165, 1.54) is 0 Å². The van der Waals surface area contributed by atoms with E-state index in [0.717, 1.165) is 0 Å². The van der Waals surface area contributed by atoms with Gasteiger partial charge in [-0.15, -0.1) is 0 Å². The van der Waals surface area contributed by atoms with Crippen LogP contribution in [-0.4, -0.2) is 87.9 Å². The molecule has 8 N–H and O–H groups in total. The monoisotopic (exact) mass is 568 g/mol. The maximum atomic E-state index is 10.3. The predicted molar refractivity (Wildman–Crippen MR) is 74.2 cm³/mol. The SMILES string of the molecule is O=C(O)CC(O)(CC(=O)O)C(=O)O.O=C(O)CC(O)(CC(=O)O)C(=O)O.[W]. The predicted octanol–water partition coefficient (Wildman–Crippen LogP) is -2.50. The van der Waals surface area contributed by atoms with Gasteiger partial charge in [0.25, 0.3) is 0 Å². The second-order valence-electron chi connectivity index (χ2n) is 4.96. The normalized spacial score (nSPS) is 10.4. The Morgan fingerprint density at radius 3 is 0.704 bits per heavy atom. The Bertz CT molecular complexity index is 513. The molecule has 0 saturated heterocycles. The Morgan fingerprint density at radius 1 is 0.481 bits per heavy atom. The maximum Gasteiger partial charge on any atom is 0.336 e. The topological polar surface area (TPSA) is 264 Å². The molecule has 0 aromatic carbocycles. The number of hydrogen-bond acceptors (Lipinski definition) is 8. The molecule has 0 fully saturated rings. The summed E-state index contributed by atoms with van der Waals surface area (Å²) < 4.78 is 0. The van der Waals surface area contributed by atoms with E-state index >= 15 is 0 Å². The van der Waals surface area contributed by atoms with Crippen LogP contribution in [0.3, 0.4) is 0 Å². The minimum atomic E-state index is -2.74. The second kappa shape index (κ2) is 11.9. The summed E-state index contributed by atoms with van der Waals surface area (Å²) in [6, 6.07) is 0. The van der Waals surface area contributed by atoms with Crippen LogP contribution < -0.4 is 0 Å². The van der Waals surface area contributed by atoms with Gasteiger partial charge >= 0.3 is 35.8 Å². The van der Waals surface area contributed by atoms with Crippen molar-refractivity contribution in [2.24, 2.45) is 0 Å². The molecule has 0 aromatic heterocycles. The summed E-state index contributed by atoms with van der Waals surface area (Å²) in [6.45, 7) is 0. The third-order valence-corrected chi connectivity index (χ3v) is 2.57. The summed E-state index contributed by atoms with van der Waals surface area (Å²) in [5.41, 5.74) is -5.48. The fourth-order valence-corrected chi connectivity index (χ4v) is 1.43. The third-order valence-electron chi connectivity index (χ3n) is 2.57. The molecule has 0 aliphatic carbocycles. The Labute approximate surface area is 163 Å². The zero-order valence-electron chi connectivity index (χ0n) is 13.3. The molecule has 0 unspecified atom stereocenters. The minimum Gasteiger partial charge on any atom is -0.481 e. The van der Waals surface area contributed by atoms with E-state index in [9.17, 15) is 28.8 Å². The van der Waals surface area contributed by atoms with Crippen LogP contribution in [0.4, 0.5) is 0 Å². The number of hydrogen-bond donors (Lipinski definition) is 8. The summed E-state index contributed by atoms with van der Waals surface area (Å²) >= 11 is 0. The van der Waals surface area contributed by atoms with Crippen LogP contribution in [0.15, 0.2) is 0 Å². The molecule has 0 aliphatic rings. The first-order chi connectivity index (χ1) is 11.6. The van der Waals surface area contributed by atoms with Crippen LogP contribution in [0, 0.1) is 0 Å². The molecule has 0 spiro atoms. The van der Waals surface area contributed by atoms with Gasteiger partial charge in [-0.3, -0.25) is 19.2 Å². The Hall–Kier alpha value is -2.57. The van der Waals surface area contributed by atoms with E-state index in [-0.39, 0.29) is 21.1 Å². The molecule has 0 aliphatic heterocycles. The quantitative estimate of drug-likeness (QED) is 0.136. The van der Waals surface area contributed by atoms with Crippen molar-refractivity contribution in [3.05, 3.63) is 0 Å². The van der Waals surface area contributed by atoms with Crippen LogP contribution in [0.5, 0.6) is 0 Å². The van der Waals surface area contributed by atoms with Crippen LogP contribution >= 0.6 is 0 Å². The van der Waals surface area contributed by atoms with Gasteiger partial charge in [-0.05, 0) is 0 Å². The van der Waals surface area contributed by atoms with Crippen LogP contribution in [0.2, 0.25) is 0 Å². The largest absolute Gasteiger partial charge is 0.481 e. The van der Waals surface area contributed by atoms with Crippen LogP contribution in [-0.2, 0) is 49.8 Å². The van der Waals surface area contributed by atoms with Gasteiger partial charge in [0.15, 0.2) is 11.2 Å². The number of carboxylic acids is 6. The molecule has 0 atom stereocenters. The fourth-order valence-electron chi connectivity index (χ4n) is 1.43. The van der Waals surface area contributed by atoms with Gasteiger partial charge in [-0.2, -0.15) is 0 Å². The average Bonchev–Trinajstić information content (AvgIpc) is 2.34. The summed E-state index contributed by atoms with van der Waals surface area (Å²) in [5.74, 6) is -10.0. The first kappa shape index (κ1) is 29.2. The van der Waals surface area contributed by atoms with Crippen molar-refractivity contribution in [3.63, 3.8) is 0 Å². The van der Waals surface area contributed by atoms with Crippen molar-refractivity contribution in [1.29, 1.82) is 0 Å². The number of aliphatic carboxylic acids is 6. The van der Waals surface area contributed by atoms with Crippen molar-refractivity contribution in [1.82, 2.24) is 0 Å². The first-order valence-electron chi connectivity index (χ1n) is 6.34. The summed E-state index contributed by atoms with van der Waals surface area (Å²) in [4.78, 5) is 61.0. The molecule has 27 heavy (non-hydrogen) atoms. The summed E-state index contributed by atoms with van der Waals surface area (Å²) in [6.07, 6.45) is -4.58. The number of rotatable bonds is 10. The van der Waals surface area contributed by atoms with Crippen LogP contribution in [0.25, 0.3) is 0 Å². The molecule has 0 rings (SSSR count). The molecule has 0 saturated carbocycles. The van der Waals surface area contributed by atoms with Crippen molar-refractivity contribution >= 4 is 35.8 Å². The molecular weight excluding hydrogens is 552 g/mol. The van der Waals surface area contributed by atoms with Crippen molar-refractivity contribution in [2.45, 2.75) is 36.9 Å². The zero-order valence-corrected chi connectivity index (χ0v) is 16.2. The van der Waals surface area contributed by atoms with Gasteiger partial charge in [0.05, 0.1) is 25.7 Å². The molecule has 154 valence electrons. The molecule has 0 aromatic rings. The van der Waals surface area contributed by atoms with Crippen molar-refractivity contribution in [2.75, 3.05) is 0 Å². The minimum absolute atomic E-state index is 0. The van der Waals surface area contributed by atoms with E-state index in [1.807, 2.05) is 0 Å². The van der Waals surface area contributed by atoms with E-state index in [2.05, 4.69) is 0 Å². The van der Waals surface area contributed by atoms with Gasteiger partial charge in [0.2, 0.25) is 0 Å². The second-order valence-corrected chi connectivity index (χ2v) is 4.96. The number of carbonyl (C=O) groups is 6. The van der Waals surface area contributed by atoms with Crippen molar-refractivity contribution in [3.8, 4) is 0 Å². The maximum absolute atomic E-state index is 10.3. The summed E-state index contributed by atoms with van der Waals surface area (Å²) in [7, 11) is 0. The Morgan fingerprint density at radius 2 is 0.630 bits per heavy atom. The molecule has 0 radical (unpaired) electrons.